The van der Waals surface area contributed by atoms with Gasteiger partial charge in [-0.2, -0.15) is 0 Å². The van der Waals surface area contributed by atoms with Crippen LogP contribution in [0, 0.1) is 6.92 Å². The standard InChI is InChI=1S/C10H17BN/c1-9-7-5-6-8-10(9)11-12(2,3)4/h5-8,11H,1-4H3/q+1. The van der Waals surface area contributed by atoms with Crippen LogP contribution < -0.4 is 5.46 Å². The minimum Gasteiger partial charge on any atom is -0.400 e. The topological polar surface area (TPSA) is 0 Å². The fourth-order valence-corrected chi connectivity index (χ4v) is 1.30. The van der Waals surface area contributed by atoms with Gasteiger partial charge in [-0.15, -0.1) is 0 Å². The maximum Gasteiger partial charge on any atom is 0.424 e. The maximum atomic E-state index is 2.21. The van der Waals surface area contributed by atoms with E-state index in [4.69, 9.17) is 0 Å². The lowest BCUT2D eigenvalue weighted by Gasteiger charge is -2.23. The van der Waals surface area contributed by atoms with Gasteiger partial charge < -0.3 is 4.39 Å². The van der Waals surface area contributed by atoms with Gasteiger partial charge in [0.15, 0.2) is 0 Å². The zero-order chi connectivity index (χ0) is 9.19. The predicted octanol–water partition coefficient (Wildman–Crippen LogP) is 0.678. The summed E-state index contributed by atoms with van der Waals surface area (Å²) in [5, 5.41) is 0. The van der Waals surface area contributed by atoms with Crippen LogP contribution in [-0.4, -0.2) is 33.0 Å². The summed E-state index contributed by atoms with van der Waals surface area (Å²) in [5.41, 5.74) is 2.84. The third-order valence-electron chi connectivity index (χ3n) is 1.91. The largest absolute Gasteiger partial charge is 0.424 e. The van der Waals surface area contributed by atoms with Crippen molar-refractivity contribution in [3.8, 4) is 0 Å². The van der Waals surface area contributed by atoms with E-state index in [0.717, 1.165) is 11.8 Å². The fraction of sp³-hybridized carbons (Fsp3) is 0.400. The van der Waals surface area contributed by atoms with Crippen molar-refractivity contribution in [2.75, 3.05) is 21.1 Å². The minimum atomic E-state index is 0.991. The van der Waals surface area contributed by atoms with E-state index >= 15 is 0 Å². The molecule has 0 saturated heterocycles. The highest BCUT2D eigenvalue weighted by molar-refractivity contribution is 6.46. The quantitative estimate of drug-likeness (QED) is 0.561. The van der Waals surface area contributed by atoms with Crippen molar-refractivity contribution in [1.82, 2.24) is 0 Å². The van der Waals surface area contributed by atoms with Crippen molar-refractivity contribution in [2.24, 2.45) is 0 Å². The molecule has 64 valence electrons. The normalized spacial score (nSPS) is 11.3. The molecule has 0 bridgehead atoms. The van der Waals surface area contributed by atoms with E-state index in [1.807, 2.05) is 0 Å². The fourth-order valence-electron chi connectivity index (χ4n) is 1.30. The summed E-state index contributed by atoms with van der Waals surface area (Å²) in [7, 11) is 7.75. The van der Waals surface area contributed by atoms with Crippen LogP contribution in [0.3, 0.4) is 0 Å². The number of aryl methyl sites for hydroxylation is 1. The number of benzene rings is 1. The summed E-state index contributed by atoms with van der Waals surface area (Å²) >= 11 is 0. The van der Waals surface area contributed by atoms with Crippen molar-refractivity contribution in [3.63, 3.8) is 0 Å². The molecular formula is C10H17BN+. The molecule has 0 aliphatic rings. The van der Waals surface area contributed by atoms with Gasteiger partial charge >= 0.3 is 7.41 Å². The second-order valence-corrected chi connectivity index (χ2v) is 4.37. The minimum absolute atomic E-state index is 0.991. The molecule has 0 spiro atoms. The van der Waals surface area contributed by atoms with E-state index in [2.05, 4.69) is 52.3 Å². The number of quaternary nitrogens is 1. The molecule has 0 aliphatic heterocycles. The Morgan fingerprint density at radius 3 is 2.17 bits per heavy atom. The summed E-state index contributed by atoms with van der Waals surface area (Å²) in [6.45, 7) is 2.17. The van der Waals surface area contributed by atoms with Gasteiger partial charge in [-0.1, -0.05) is 29.8 Å². The lowest BCUT2D eigenvalue weighted by Crippen LogP contribution is -2.45. The highest BCUT2D eigenvalue weighted by atomic mass is 15.2. The van der Waals surface area contributed by atoms with E-state index in [-0.39, 0.29) is 0 Å². The van der Waals surface area contributed by atoms with Crippen LogP contribution >= 0.6 is 0 Å². The highest BCUT2D eigenvalue weighted by Crippen LogP contribution is 1.95. The maximum absolute atomic E-state index is 2.21. The van der Waals surface area contributed by atoms with Gasteiger partial charge in [0.1, 0.15) is 0 Å². The lowest BCUT2D eigenvalue weighted by atomic mass is 9.76. The van der Waals surface area contributed by atoms with E-state index < -0.39 is 0 Å². The molecule has 1 aromatic carbocycles. The molecule has 0 amide bonds. The summed E-state index contributed by atoms with van der Waals surface area (Å²) in [6, 6.07) is 8.58. The Labute approximate surface area is 75.9 Å². The summed E-state index contributed by atoms with van der Waals surface area (Å²) < 4.78 is 0.991. The predicted molar refractivity (Wildman–Crippen MR) is 56.0 cm³/mol. The van der Waals surface area contributed by atoms with Crippen LogP contribution in [-0.2, 0) is 0 Å². The van der Waals surface area contributed by atoms with Crippen LogP contribution in [0.5, 0.6) is 0 Å². The average Bonchev–Trinajstić information content (AvgIpc) is 1.91. The first-order valence-corrected chi connectivity index (χ1v) is 4.34. The molecule has 0 fully saturated rings. The smallest absolute Gasteiger partial charge is 0.400 e. The number of rotatable bonds is 2. The Balaban J connectivity index is 2.83. The molecule has 1 rings (SSSR count). The van der Waals surface area contributed by atoms with Gasteiger partial charge in [0.25, 0.3) is 0 Å². The summed E-state index contributed by atoms with van der Waals surface area (Å²) in [6.07, 6.45) is 0. The van der Waals surface area contributed by atoms with Gasteiger partial charge in [-0.25, -0.2) is 0 Å². The second-order valence-electron chi connectivity index (χ2n) is 4.37. The van der Waals surface area contributed by atoms with Crippen LogP contribution in [0.15, 0.2) is 24.3 Å². The first kappa shape index (κ1) is 9.33. The van der Waals surface area contributed by atoms with Crippen LogP contribution in [0.1, 0.15) is 5.56 Å². The average molecular weight is 162 g/mol. The van der Waals surface area contributed by atoms with Crippen molar-refractivity contribution < 1.29 is 4.39 Å². The molecule has 0 aliphatic carbocycles. The number of nitrogens with zero attached hydrogens (tertiary/aromatic N) is 1. The zero-order valence-corrected chi connectivity index (χ0v) is 8.46. The Morgan fingerprint density at radius 1 is 1.08 bits per heavy atom. The Morgan fingerprint density at radius 2 is 1.67 bits per heavy atom. The first-order chi connectivity index (χ1) is 5.49. The van der Waals surface area contributed by atoms with Crippen LogP contribution in [0.2, 0.25) is 0 Å². The molecule has 0 saturated carbocycles. The Bertz CT molecular complexity index is 263. The van der Waals surface area contributed by atoms with E-state index in [9.17, 15) is 0 Å². The molecule has 0 N–H and O–H groups in total. The van der Waals surface area contributed by atoms with Crippen molar-refractivity contribution in [2.45, 2.75) is 6.92 Å². The van der Waals surface area contributed by atoms with Gasteiger partial charge in [0.2, 0.25) is 0 Å². The summed E-state index contributed by atoms with van der Waals surface area (Å²) in [5.74, 6) is 0. The molecule has 1 nitrogen and oxygen atoms in total. The van der Waals surface area contributed by atoms with Crippen molar-refractivity contribution >= 4 is 12.9 Å². The SMILES string of the molecule is Cc1ccccc1B[N+](C)(C)C. The van der Waals surface area contributed by atoms with Gasteiger partial charge in [0, 0.05) is 21.1 Å². The number of hydrogen-bond donors (Lipinski definition) is 0. The molecule has 2 heteroatoms. The molecule has 1 aromatic rings. The molecule has 12 heavy (non-hydrogen) atoms. The lowest BCUT2D eigenvalue weighted by molar-refractivity contribution is -0.754. The van der Waals surface area contributed by atoms with Crippen LogP contribution in [0.25, 0.3) is 0 Å². The molecule has 0 radical (unpaired) electrons. The van der Waals surface area contributed by atoms with Gasteiger partial charge in [-0.05, 0) is 12.4 Å². The number of hydrogen-bond acceptors (Lipinski definition) is 0. The molecule has 0 aromatic heterocycles. The van der Waals surface area contributed by atoms with E-state index in [0.29, 0.717) is 0 Å². The Hall–Kier alpha value is -0.755. The van der Waals surface area contributed by atoms with E-state index in [1.165, 1.54) is 11.0 Å². The van der Waals surface area contributed by atoms with Crippen LogP contribution in [0.4, 0.5) is 0 Å². The van der Waals surface area contributed by atoms with E-state index in [1.54, 1.807) is 0 Å². The summed E-state index contributed by atoms with van der Waals surface area (Å²) in [4.78, 5) is 0. The monoisotopic (exact) mass is 162 g/mol. The second kappa shape index (κ2) is 3.32. The third-order valence-corrected chi connectivity index (χ3v) is 1.91. The van der Waals surface area contributed by atoms with Gasteiger partial charge in [-0.3, -0.25) is 0 Å². The zero-order valence-electron chi connectivity index (χ0n) is 8.46. The highest BCUT2D eigenvalue weighted by Gasteiger charge is 2.14. The molecule has 0 heterocycles. The van der Waals surface area contributed by atoms with Gasteiger partial charge in [0.05, 0.1) is 0 Å². The first-order valence-electron chi connectivity index (χ1n) is 4.34. The van der Waals surface area contributed by atoms with Crippen molar-refractivity contribution in [3.05, 3.63) is 29.8 Å². The van der Waals surface area contributed by atoms with Crippen molar-refractivity contribution in [1.29, 1.82) is 0 Å². The molecular weight excluding hydrogens is 145 g/mol. The third kappa shape index (κ3) is 2.70. The molecule has 0 unspecified atom stereocenters. The Kier molecular flexibility index (Phi) is 2.58. The molecule has 0 atom stereocenters.